The summed E-state index contributed by atoms with van der Waals surface area (Å²) in [5, 5.41) is 2.96. The van der Waals surface area contributed by atoms with Gasteiger partial charge >= 0.3 is 0 Å². The highest BCUT2D eigenvalue weighted by Crippen LogP contribution is 2.47. The average Bonchev–Trinajstić information content (AvgIpc) is 3.42. The molecule has 6 nitrogen and oxygen atoms in total. The molecule has 2 aromatic carbocycles. The van der Waals surface area contributed by atoms with Gasteiger partial charge in [-0.05, 0) is 62.6 Å². The summed E-state index contributed by atoms with van der Waals surface area (Å²) < 4.78 is 7.57. The molecule has 1 aromatic heterocycles. The van der Waals surface area contributed by atoms with Crippen LogP contribution in [0, 0.1) is 0 Å². The molecule has 0 spiro atoms. The zero-order chi connectivity index (χ0) is 33.6. The molecule has 2 aliphatic heterocycles. The lowest BCUT2D eigenvalue weighted by atomic mass is 9.81. The minimum Gasteiger partial charge on any atom is -0.385 e. The quantitative estimate of drug-likeness (QED) is 0.117. The van der Waals surface area contributed by atoms with Crippen molar-refractivity contribution in [1.82, 2.24) is 10.3 Å². The molecule has 0 fully saturated rings. The van der Waals surface area contributed by atoms with Crippen molar-refractivity contribution >= 4 is 28.6 Å². The number of para-hydroxylation sites is 2. The molecule has 47 heavy (non-hydrogen) atoms. The van der Waals surface area contributed by atoms with Gasteiger partial charge in [-0.15, -0.1) is 0 Å². The maximum Gasteiger partial charge on any atom is 0.252 e. The van der Waals surface area contributed by atoms with E-state index in [9.17, 15) is 4.79 Å². The van der Waals surface area contributed by atoms with Gasteiger partial charge in [-0.2, -0.15) is 4.58 Å². The number of benzene rings is 2. The molecule has 5 rings (SSSR count). The fourth-order valence-corrected chi connectivity index (χ4v) is 6.99. The van der Waals surface area contributed by atoms with E-state index in [0.29, 0.717) is 18.7 Å². The number of carbonyl (C=O) groups excluding carboxylic acids is 1. The van der Waals surface area contributed by atoms with Crippen molar-refractivity contribution in [2.45, 2.75) is 71.6 Å². The molecule has 0 bridgehead atoms. The lowest BCUT2D eigenvalue weighted by Gasteiger charge is -2.26. The summed E-state index contributed by atoms with van der Waals surface area (Å²) in [6.07, 6.45) is 13.5. The second-order valence-electron chi connectivity index (χ2n) is 13.5. The van der Waals surface area contributed by atoms with E-state index in [2.05, 4.69) is 129 Å². The Balaban J connectivity index is 1.57. The summed E-state index contributed by atoms with van der Waals surface area (Å²) in [6.45, 7) is 16.8. The maximum absolute atomic E-state index is 12.8. The van der Waals surface area contributed by atoms with Crippen molar-refractivity contribution in [3.63, 3.8) is 0 Å². The van der Waals surface area contributed by atoms with Crippen molar-refractivity contribution in [3.8, 4) is 0 Å². The van der Waals surface area contributed by atoms with Crippen molar-refractivity contribution < 1.29 is 14.1 Å². The van der Waals surface area contributed by atoms with Crippen LogP contribution in [0.3, 0.4) is 0 Å². The number of pyridine rings is 1. The number of ether oxygens (including phenoxy) is 1. The number of anilines is 1. The Morgan fingerprint density at radius 2 is 1.70 bits per heavy atom. The first-order valence-corrected chi connectivity index (χ1v) is 17.1. The second-order valence-corrected chi connectivity index (χ2v) is 13.5. The fraction of sp³-hybridized carbons (Fsp3) is 0.390. The Morgan fingerprint density at radius 3 is 2.40 bits per heavy atom. The largest absolute Gasteiger partial charge is 0.385 e. The first-order chi connectivity index (χ1) is 22.6. The highest BCUT2D eigenvalue weighted by Gasteiger charge is 2.44. The van der Waals surface area contributed by atoms with E-state index in [1.807, 2.05) is 12.1 Å². The van der Waals surface area contributed by atoms with Crippen molar-refractivity contribution in [2.24, 2.45) is 0 Å². The van der Waals surface area contributed by atoms with E-state index in [4.69, 9.17) is 9.72 Å². The van der Waals surface area contributed by atoms with E-state index < -0.39 is 0 Å². The minimum atomic E-state index is -0.142. The number of hydrogen-bond donors (Lipinski definition) is 1. The lowest BCUT2D eigenvalue weighted by molar-refractivity contribution is -0.437. The van der Waals surface area contributed by atoms with Gasteiger partial charge in [0, 0.05) is 79.5 Å². The molecule has 246 valence electrons. The van der Waals surface area contributed by atoms with Gasteiger partial charge in [0.05, 0.1) is 16.7 Å². The summed E-state index contributed by atoms with van der Waals surface area (Å²) in [5.41, 5.74) is 9.88. The van der Waals surface area contributed by atoms with Gasteiger partial charge in [0.2, 0.25) is 5.69 Å². The monoisotopic (exact) mass is 631 g/mol. The third kappa shape index (κ3) is 6.89. The molecule has 0 saturated carbocycles. The molecule has 6 heteroatoms. The molecule has 0 saturated heterocycles. The van der Waals surface area contributed by atoms with Crippen LogP contribution in [0.5, 0.6) is 0 Å². The molecule has 0 atom stereocenters. The van der Waals surface area contributed by atoms with Crippen LogP contribution in [-0.4, -0.2) is 54.5 Å². The van der Waals surface area contributed by atoms with E-state index in [0.717, 1.165) is 43.6 Å². The van der Waals surface area contributed by atoms with Gasteiger partial charge in [-0.1, -0.05) is 70.2 Å². The standard InChI is InChI=1S/C41H50N4O2/c1-8-26-44-35-17-12-10-15-32(35)40(3,4)37(44)23-20-30(34-22-19-31(29-43-34)39(46)42-25-14-28-47-7)21-24-38-41(5,6)33-16-11-13-18-36(33)45(38)27-9-2/h10-13,15-24,29H,8-9,14,25-28H2,1-7H3/p+1. The molecular weight excluding hydrogens is 580 g/mol. The minimum absolute atomic E-state index is 0.125. The molecule has 0 aliphatic carbocycles. The van der Waals surface area contributed by atoms with E-state index >= 15 is 0 Å². The van der Waals surface area contributed by atoms with Crippen molar-refractivity contribution in [1.29, 1.82) is 0 Å². The number of nitrogens with zero attached hydrogens (tertiary/aromatic N) is 3. The summed E-state index contributed by atoms with van der Waals surface area (Å²) in [4.78, 5) is 20.1. The average molecular weight is 632 g/mol. The van der Waals surface area contributed by atoms with Crippen LogP contribution < -0.4 is 10.2 Å². The van der Waals surface area contributed by atoms with Gasteiger partial charge < -0.3 is 15.0 Å². The van der Waals surface area contributed by atoms with Crippen LogP contribution in [0.2, 0.25) is 0 Å². The van der Waals surface area contributed by atoms with Crippen LogP contribution in [-0.2, 0) is 15.6 Å². The molecule has 1 N–H and O–H groups in total. The van der Waals surface area contributed by atoms with E-state index in [-0.39, 0.29) is 16.7 Å². The highest BCUT2D eigenvalue weighted by atomic mass is 16.5. The number of methoxy groups -OCH3 is 1. The smallest absolute Gasteiger partial charge is 0.252 e. The Kier molecular flexibility index (Phi) is 10.6. The van der Waals surface area contributed by atoms with Gasteiger partial charge in [0.25, 0.3) is 5.91 Å². The summed E-state index contributed by atoms with van der Waals surface area (Å²) in [6, 6.07) is 21.3. The Morgan fingerprint density at radius 1 is 0.957 bits per heavy atom. The predicted octanol–water partition coefficient (Wildman–Crippen LogP) is 8.37. The van der Waals surface area contributed by atoms with E-state index in [1.165, 1.54) is 33.9 Å². The molecule has 3 heterocycles. The molecule has 0 radical (unpaired) electrons. The number of allylic oxidation sites excluding steroid dienone is 6. The fourth-order valence-electron chi connectivity index (χ4n) is 6.99. The number of fused-ring (bicyclic) bond motifs is 2. The first kappa shape index (κ1) is 34.1. The normalized spacial score (nSPS) is 17.5. The number of hydrogen-bond acceptors (Lipinski definition) is 4. The molecule has 1 amide bonds. The van der Waals surface area contributed by atoms with Gasteiger partial charge in [-0.25, -0.2) is 0 Å². The number of amides is 1. The SMILES string of the molecule is CCCN1/C(=C/C=C(/C=C/C2=[N+](CCC)c3ccccc3C2(C)C)c2ccc(C(=O)NCCCOC)cn2)C(C)(C)c2ccccc21. The lowest BCUT2D eigenvalue weighted by Crippen LogP contribution is -2.27. The molecular formula is C41H51N4O2+. The molecule has 2 aliphatic rings. The van der Waals surface area contributed by atoms with Crippen LogP contribution in [0.4, 0.5) is 11.4 Å². The summed E-state index contributed by atoms with van der Waals surface area (Å²) >= 11 is 0. The number of rotatable bonds is 13. The predicted molar refractivity (Wildman–Crippen MR) is 195 cm³/mol. The zero-order valence-corrected chi connectivity index (χ0v) is 29.3. The second kappa shape index (κ2) is 14.6. The Labute approximate surface area is 281 Å². The van der Waals surface area contributed by atoms with Gasteiger partial charge in [0.15, 0.2) is 5.71 Å². The number of carbonyl (C=O) groups is 1. The van der Waals surface area contributed by atoms with Crippen LogP contribution in [0.15, 0.2) is 96.9 Å². The summed E-state index contributed by atoms with van der Waals surface area (Å²) in [7, 11) is 1.67. The molecule has 3 aromatic rings. The van der Waals surface area contributed by atoms with Gasteiger partial charge in [-0.3, -0.25) is 9.78 Å². The van der Waals surface area contributed by atoms with Gasteiger partial charge in [0.1, 0.15) is 6.54 Å². The first-order valence-electron chi connectivity index (χ1n) is 17.1. The van der Waals surface area contributed by atoms with E-state index in [1.54, 1.807) is 13.3 Å². The van der Waals surface area contributed by atoms with Crippen molar-refractivity contribution in [3.05, 3.63) is 119 Å². The van der Waals surface area contributed by atoms with Crippen molar-refractivity contribution in [2.75, 3.05) is 38.3 Å². The topological polar surface area (TPSA) is 57.5 Å². The van der Waals surface area contributed by atoms with Crippen LogP contribution in [0.25, 0.3) is 5.57 Å². The third-order valence-electron chi connectivity index (χ3n) is 9.47. The number of aromatic nitrogens is 1. The maximum atomic E-state index is 12.8. The zero-order valence-electron chi connectivity index (χ0n) is 29.3. The highest BCUT2D eigenvalue weighted by molar-refractivity contribution is 6.04. The third-order valence-corrected chi connectivity index (χ3v) is 9.47. The van der Waals surface area contributed by atoms with Crippen LogP contribution >= 0.6 is 0 Å². The number of nitrogens with one attached hydrogen (secondary N) is 1. The summed E-state index contributed by atoms with van der Waals surface area (Å²) in [5.74, 6) is -0.125. The van der Waals surface area contributed by atoms with Crippen LogP contribution in [0.1, 0.15) is 88.0 Å². The molecule has 0 unspecified atom stereocenters. The Hall–Kier alpha value is -4.29. The Bertz CT molecular complexity index is 1710.